The lowest BCUT2D eigenvalue weighted by Gasteiger charge is -2.50. The Morgan fingerprint density at radius 2 is 0.565 bits per heavy atom. The summed E-state index contributed by atoms with van der Waals surface area (Å²) < 4.78 is 0. The molecule has 1 spiro atoms. The minimum atomic E-state index is -0.528. The molecular weight excluding hydrogens is 831 g/mol. The maximum Gasteiger partial charge on any atom is 0.0720 e. The van der Waals surface area contributed by atoms with Crippen LogP contribution in [-0.4, -0.2) is 0 Å². The van der Waals surface area contributed by atoms with E-state index in [1.807, 2.05) is 0 Å². The van der Waals surface area contributed by atoms with E-state index in [0.29, 0.717) is 0 Å². The van der Waals surface area contributed by atoms with E-state index >= 15 is 0 Å². The Hall–Kier alpha value is -8.78. The van der Waals surface area contributed by atoms with Gasteiger partial charge in [-0.05, 0) is 131 Å². The Kier molecular flexibility index (Phi) is 9.70. The summed E-state index contributed by atoms with van der Waals surface area (Å²) in [6.45, 7) is 0. The second-order valence-corrected chi connectivity index (χ2v) is 18.3. The highest BCUT2D eigenvalue weighted by Gasteiger charge is 2.56. The molecule has 0 heterocycles. The Bertz CT molecular complexity index is 3540. The standard InChI is InChI=1S/C68H47N/c1-5-20-48(21-6-1)50-36-41-56(42-37-50)69(58-29-19-24-52(46-58)49-22-7-2-8-23-49)57-43-38-51(39-44-57)53-40-45-62-60(47-53)59-30-13-14-31-61(59)68(62)65-34-17-15-32-63(65)67(54-25-9-3-10-26-54,55-27-11-4-12-28-55)64-33-16-18-35-66(64)68/h1-47H. The first-order valence-corrected chi connectivity index (χ1v) is 24.0. The summed E-state index contributed by atoms with van der Waals surface area (Å²) in [5.74, 6) is 0. The summed E-state index contributed by atoms with van der Waals surface area (Å²) in [7, 11) is 0. The molecule has 0 amide bonds. The van der Waals surface area contributed by atoms with Crippen LogP contribution in [-0.2, 0) is 10.8 Å². The molecule has 69 heavy (non-hydrogen) atoms. The molecule has 1 nitrogen and oxygen atoms in total. The van der Waals surface area contributed by atoms with Crippen molar-refractivity contribution in [1.82, 2.24) is 0 Å². The van der Waals surface area contributed by atoms with Gasteiger partial charge in [-0.2, -0.15) is 0 Å². The quantitative estimate of drug-likeness (QED) is 0.147. The molecule has 0 saturated carbocycles. The number of anilines is 3. The number of hydrogen-bond acceptors (Lipinski definition) is 1. The van der Waals surface area contributed by atoms with E-state index in [4.69, 9.17) is 0 Å². The monoisotopic (exact) mass is 877 g/mol. The van der Waals surface area contributed by atoms with E-state index in [-0.39, 0.29) is 0 Å². The van der Waals surface area contributed by atoms with E-state index < -0.39 is 10.8 Å². The van der Waals surface area contributed by atoms with Gasteiger partial charge in [0.2, 0.25) is 0 Å². The van der Waals surface area contributed by atoms with Crippen LogP contribution >= 0.6 is 0 Å². The van der Waals surface area contributed by atoms with Gasteiger partial charge in [0, 0.05) is 17.1 Å². The van der Waals surface area contributed by atoms with Crippen molar-refractivity contribution in [2.45, 2.75) is 10.8 Å². The molecule has 1 heteroatoms. The van der Waals surface area contributed by atoms with Gasteiger partial charge in [-0.15, -0.1) is 0 Å². The van der Waals surface area contributed by atoms with E-state index in [2.05, 4.69) is 290 Å². The second kappa shape index (κ2) is 16.5. The number of rotatable bonds is 8. The zero-order chi connectivity index (χ0) is 45.8. The third kappa shape index (κ3) is 6.32. The number of fused-ring (bicyclic) bond motifs is 9. The van der Waals surface area contributed by atoms with Crippen LogP contribution in [0.15, 0.2) is 285 Å². The lowest BCUT2D eigenvalue weighted by Crippen LogP contribution is -2.44. The average Bonchev–Trinajstić information content (AvgIpc) is 3.73. The van der Waals surface area contributed by atoms with Gasteiger partial charge in [-0.25, -0.2) is 0 Å². The Morgan fingerprint density at radius 1 is 0.203 bits per heavy atom. The van der Waals surface area contributed by atoms with Gasteiger partial charge in [0.15, 0.2) is 0 Å². The summed E-state index contributed by atoms with van der Waals surface area (Å²) in [6.07, 6.45) is 0. The molecule has 2 aliphatic rings. The average molecular weight is 878 g/mol. The van der Waals surface area contributed by atoms with Crippen molar-refractivity contribution in [3.8, 4) is 44.5 Å². The third-order valence-corrected chi connectivity index (χ3v) is 14.8. The van der Waals surface area contributed by atoms with Crippen LogP contribution in [0.3, 0.4) is 0 Å². The van der Waals surface area contributed by atoms with Crippen LogP contribution in [0.25, 0.3) is 44.5 Å². The van der Waals surface area contributed by atoms with Crippen molar-refractivity contribution in [2.75, 3.05) is 4.90 Å². The zero-order valence-corrected chi connectivity index (χ0v) is 38.1. The van der Waals surface area contributed by atoms with Crippen LogP contribution in [0.4, 0.5) is 17.1 Å². The SMILES string of the molecule is c1ccc(-c2ccc(N(c3ccc(-c4ccc5c(c4)-c4ccccc4C54c5ccccc5C(c5ccccc5)(c5ccccc5)c5ccccc54)cc3)c3cccc(-c4ccccc4)c3)cc2)cc1. The molecule has 0 bridgehead atoms. The maximum absolute atomic E-state index is 2.45. The van der Waals surface area contributed by atoms with Crippen molar-refractivity contribution in [2.24, 2.45) is 0 Å². The molecule has 324 valence electrons. The fourth-order valence-electron chi connectivity index (χ4n) is 11.9. The normalized spacial score (nSPS) is 13.4. The summed E-state index contributed by atoms with van der Waals surface area (Å²) >= 11 is 0. The third-order valence-electron chi connectivity index (χ3n) is 14.8. The minimum absolute atomic E-state index is 0.527. The molecule has 0 aromatic heterocycles. The number of benzene rings is 11. The maximum atomic E-state index is 2.45. The highest BCUT2D eigenvalue weighted by atomic mass is 15.1. The van der Waals surface area contributed by atoms with Crippen molar-refractivity contribution < 1.29 is 0 Å². The molecule has 0 N–H and O–H groups in total. The molecule has 11 aromatic rings. The van der Waals surface area contributed by atoms with Crippen molar-refractivity contribution in [1.29, 1.82) is 0 Å². The lowest BCUT2D eigenvalue weighted by atomic mass is 9.51. The van der Waals surface area contributed by atoms with Crippen molar-refractivity contribution in [3.05, 3.63) is 330 Å². The minimum Gasteiger partial charge on any atom is -0.310 e. The van der Waals surface area contributed by atoms with Gasteiger partial charge in [-0.3, -0.25) is 0 Å². The molecule has 0 aliphatic heterocycles. The van der Waals surface area contributed by atoms with Crippen LogP contribution in [0.5, 0.6) is 0 Å². The van der Waals surface area contributed by atoms with Crippen LogP contribution in [0.2, 0.25) is 0 Å². The van der Waals surface area contributed by atoms with Gasteiger partial charge in [0.1, 0.15) is 0 Å². The van der Waals surface area contributed by atoms with Crippen LogP contribution in [0, 0.1) is 0 Å². The van der Waals surface area contributed by atoms with E-state index in [9.17, 15) is 0 Å². The molecule has 0 saturated heterocycles. The predicted octanol–water partition coefficient (Wildman–Crippen LogP) is 17.2. The zero-order valence-electron chi connectivity index (χ0n) is 38.1. The smallest absolute Gasteiger partial charge is 0.0720 e. The molecule has 2 aliphatic carbocycles. The lowest BCUT2D eigenvalue weighted by molar-refractivity contribution is 0.623. The summed E-state index contributed by atoms with van der Waals surface area (Å²) in [5.41, 5.74) is 22.4. The fourth-order valence-corrected chi connectivity index (χ4v) is 11.9. The predicted molar refractivity (Wildman–Crippen MR) is 287 cm³/mol. The Labute approximate surface area is 404 Å². The van der Waals surface area contributed by atoms with Crippen molar-refractivity contribution in [3.63, 3.8) is 0 Å². The van der Waals surface area contributed by atoms with Crippen LogP contribution in [0.1, 0.15) is 44.5 Å². The molecule has 0 fully saturated rings. The second-order valence-electron chi connectivity index (χ2n) is 18.3. The molecule has 0 atom stereocenters. The summed E-state index contributed by atoms with van der Waals surface area (Å²) in [5, 5.41) is 0. The Morgan fingerprint density at radius 3 is 1.10 bits per heavy atom. The van der Waals surface area contributed by atoms with Gasteiger partial charge < -0.3 is 4.90 Å². The number of hydrogen-bond donors (Lipinski definition) is 0. The summed E-state index contributed by atoms with van der Waals surface area (Å²) in [6, 6.07) is 105. The van der Waals surface area contributed by atoms with Crippen LogP contribution < -0.4 is 4.90 Å². The largest absolute Gasteiger partial charge is 0.310 e. The van der Waals surface area contributed by atoms with Gasteiger partial charge in [-0.1, -0.05) is 243 Å². The molecule has 13 rings (SSSR count). The van der Waals surface area contributed by atoms with E-state index in [1.165, 1.54) is 89.0 Å². The first-order valence-electron chi connectivity index (χ1n) is 24.0. The van der Waals surface area contributed by atoms with E-state index in [1.54, 1.807) is 0 Å². The first kappa shape index (κ1) is 40.5. The molecular formula is C68H47N. The topological polar surface area (TPSA) is 3.24 Å². The molecule has 0 radical (unpaired) electrons. The number of nitrogens with zero attached hydrogens (tertiary/aromatic N) is 1. The fraction of sp³-hybridized carbons (Fsp3) is 0.0294. The van der Waals surface area contributed by atoms with Gasteiger partial charge >= 0.3 is 0 Å². The summed E-state index contributed by atoms with van der Waals surface area (Å²) in [4.78, 5) is 2.37. The van der Waals surface area contributed by atoms with Gasteiger partial charge in [0.25, 0.3) is 0 Å². The molecule has 11 aromatic carbocycles. The van der Waals surface area contributed by atoms with Crippen molar-refractivity contribution >= 4 is 17.1 Å². The van der Waals surface area contributed by atoms with Gasteiger partial charge in [0.05, 0.1) is 10.8 Å². The first-order chi connectivity index (χ1) is 34.2. The Balaban J connectivity index is 0.948. The van der Waals surface area contributed by atoms with E-state index in [0.717, 1.165) is 17.1 Å². The highest BCUT2D eigenvalue weighted by Crippen LogP contribution is 2.64. The molecule has 0 unspecified atom stereocenters. The highest BCUT2D eigenvalue weighted by molar-refractivity contribution is 5.92.